The first kappa shape index (κ1) is 14.1. The van der Waals surface area contributed by atoms with Crippen LogP contribution in [0.25, 0.3) is 0 Å². The van der Waals surface area contributed by atoms with Crippen molar-refractivity contribution in [3.63, 3.8) is 0 Å². The van der Waals surface area contributed by atoms with E-state index < -0.39 is 0 Å². The first-order valence-electron chi connectivity index (χ1n) is 7.69. The third-order valence-corrected chi connectivity index (χ3v) is 3.81. The number of rotatable bonds is 7. The van der Waals surface area contributed by atoms with Gasteiger partial charge in [0.05, 0.1) is 18.2 Å². The predicted octanol–water partition coefficient (Wildman–Crippen LogP) is 3.30. The van der Waals surface area contributed by atoms with E-state index in [0.717, 1.165) is 18.0 Å². The van der Waals surface area contributed by atoms with E-state index in [-0.39, 0.29) is 0 Å². The normalized spacial score (nSPS) is 14.6. The maximum absolute atomic E-state index is 6.02. The molecule has 1 heterocycles. The van der Waals surface area contributed by atoms with Crippen LogP contribution < -0.4 is 10.1 Å². The molecule has 0 bridgehead atoms. The van der Waals surface area contributed by atoms with Crippen molar-refractivity contribution in [3.05, 3.63) is 48.0 Å². The summed E-state index contributed by atoms with van der Waals surface area (Å²) in [5.41, 5.74) is 2.33. The summed E-state index contributed by atoms with van der Waals surface area (Å²) < 4.78 is 8.17. The van der Waals surface area contributed by atoms with Gasteiger partial charge < -0.3 is 14.6 Å². The summed E-state index contributed by atoms with van der Waals surface area (Å²) in [6.07, 6.45) is 6.35. The molecule has 112 valence electrons. The maximum Gasteiger partial charge on any atom is 0.130 e. The fourth-order valence-electron chi connectivity index (χ4n) is 2.39. The van der Waals surface area contributed by atoms with Crippen molar-refractivity contribution >= 4 is 0 Å². The van der Waals surface area contributed by atoms with Crippen molar-refractivity contribution in [3.8, 4) is 5.75 Å². The van der Waals surface area contributed by atoms with Crippen molar-refractivity contribution < 1.29 is 4.74 Å². The van der Waals surface area contributed by atoms with Gasteiger partial charge in [-0.25, -0.2) is 4.98 Å². The van der Waals surface area contributed by atoms with E-state index in [9.17, 15) is 0 Å². The Labute approximate surface area is 126 Å². The number of ether oxygens (including phenoxy) is 1. The molecule has 0 radical (unpaired) electrons. The van der Waals surface area contributed by atoms with Crippen molar-refractivity contribution in [2.75, 3.05) is 0 Å². The topological polar surface area (TPSA) is 39.1 Å². The molecular formula is C17H23N3O. The second-order valence-electron chi connectivity index (χ2n) is 5.94. The molecule has 3 rings (SSSR count). The Hall–Kier alpha value is -1.81. The van der Waals surface area contributed by atoms with Crippen LogP contribution in [0.1, 0.15) is 44.0 Å². The van der Waals surface area contributed by atoms with Gasteiger partial charge in [0.25, 0.3) is 0 Å². The maximum atomic E-state index is 6.02. The van der Waals surface area contributed by atoms with Crippen LogP contribution in [0.5, 0.6) is 5.75 Å². The number of benzene rings is 1. The molecule has 0 saturated heterocycles. The lowest BCUT2D eigenvalue weighted by Crippen LogP contribution is -2.16. The van der Waals surface area contributed by atoms with E-state index in [2.05, 4.69) is 40.8 Å². The molecule has 1 aliphatic carbocycles. The van der Waals surface area contributed by atoms with Crippen LogP contribution in [0.3, 0.4) is 0 Å². The molecule has 0 amide bonds. The van der Waals surface area contributed by atoms with Gasteiger partial charge in [-0.1, -0.05) is 18.2 Å². The Kier molecular flexibility index (Phi) is 4.25. The van der Waals surface area contributed by atoms with Gasteiger partial charge in [-0.05, 0) is 32.8 Å². The van der Waals surface area contributed by atoms with Crippen LogP contribution in [-0.4, -0.2) is 15.6 Å². The van der Waals surface area contributed by atoms with Gasteiger partial charge in [0.2, 0.25) is 0 Å². The van der Waals surface area contributed by atoms with Crippen LogP contribution in [0, 0.1) is 0 Å². The Morgan fingerprint density at radius 2 is 2.14 bits per heavy atom. The molecule has 0 aliphatic heterocycles. The molecule has 0 unspecified atom stereocenters. The van der Waals surface area contributed by atoms with Gasteiger partial charge in [-0.2, -0.15) is 0 Å². The highest BCUT2D eigenvalue weighted by atomic mass is 16.5. The number of hydrogen-bond donors (Lipinski definition) is 1. The smallest absolute Gasteiger partial charge is 0.130 e. The van der Waals surface area contributed by atoms with Crippen LogP contribution in [-0.2, 0) is 13.2 Å². The number of para-hydroxylation sites is 1. The lowest BCUT2D eigenvalue weighted by molar-refractivity contribution is 0.288. The lowest BCUT2D eigenvalue weighted by atomic mass is 10.2. The summed E-state index contributed by atoms with van der Waals surface area (Å²) in [4.78, 5) is 4.22. The molecule has 4 nitrogen and oxygen atoms in total. The van der Waals surface area contributed by atoms with Gasteiger partial charge in [-0.3, -0.25) is 0 Å². The van der Waals surface area contributed by atoms with Crippen LogP contribution in [0.2, 0.25) is 0 Å². The van der Waals surface area contributed by atoms with Gasteiger partial charge in [0.15, 0.2) is 0 Å². The van der Waals surface area contributed by atoms with E-state index in [1.165, 1.54) is 18.4 Å². The minimum atomic E-state index is 0.401. The Balaban J connectivity index is 1.65. The molecular weight excluding hydrogens is 262 g/mol. The average molecular weight is 285 g/mol. The van der Waals surface area contributed by atoms with Gasteiger partial charge in [0.1, 0.15) is 12.4 Å². The molecule has 4 heteroatoms. The van der Waals surface area contributed by atoms with Gasteiger partial charge in [-0.15, -0.1) is 0 Å². The zero-order valence-corrected chi connectivity index (χ0v) is 12.7. The summed E-state index contributed by atoms with van der Waals surface area (Å²) in [6, 6.07) is 9.37. The van der Waals surface area contributed by atoms with E-state index in [0.29, 0.717) is 18.7 Å². The minimum absolute atomic E-state index is 0.401. The number of nitrogens with one attached hydrogen (secondary N) is 1. The summed E-state index contributed by atoms with van der Waals surface area (Å²) in [6.45, 7) is 5.74. The van der Waals surface area contributed by atoms with E-state index in [1.807, 2.05) is 24.7 Å². The van der Waals surface area contributed by atoms with Crippen LogP contribution in [0.4, 0.5) is 0 Å². The number of aromatic nitrogens is 2. The highest BCUT2D eigenvalue weighted by Gasteiger charge is 2.20. The molecule has 1 aliphatic rings. The Morgan fingerprint density at radius 3 is 2.90 bits per heavy atom. The van der Waals surface area contributed by atoms with E-state index in [1.54, 1.807) is 0 Å². The average Bonchev–Trinajstić information content (AvgIpc) is 3.19. The fourth-order valence-corrected chi connectivity index (χ4v) is 2.39. The third-order valence-electron chi connectivity index (χ3n) is 3.81. The van der Waals surface area contributed by atoms with E-state index in [4.69, 9.17) is 4.74 Å². The number of nitrogens with zero attached hydrogens (tertiary/aromatic N) is 2. The standard InChI is InChI=1S/C17H23N3O/c1-13(2)20-12-18-10-16(20)11-21-17-6-4-3-5-14(17)9-19-15-7-8-15/h3-6,10,12-13,15,19H,7-9,11H2,1-2H3. The summed E-state index contributed by atoms with van der Waals surface area (Å²) >= 11 is 0. The number of imidazole rings is 1. The fraction of sp³-hybridized carbons (Fsp3) is 0.471. The molecule has 1 aromatic carbocycles. The highest BCUT2D eigenvalue weighted by molar-refractivity contribution is 5.33. The second kappa shape index (κ2) is 6.31. The molecule has 0 spiro atoms. The SMILES string of the molecule is CC(C)n1cncc1COc1ccccc1CNC1CC1. The van der Waals surface area contributed by atoms with Crippen molar-refractivity contribution in [2.45, 2.75) is 51.9 Å². The summed E-state index contributed by atoms with van der Waals surface area (Å²) in [5, 5.41) is 3.54. The first-order valence-corrected chi connectivity index (χ1v) is 7.69. The Morgan fingerprint density at radius 1 is 1.33 bits per heavy atom. The second-order valence-corrected chi connectivity index (χ2v) is 5.94. The van der Waals surface area contributed by atoms with E-state index >= 15 is 0 Å². The number of hydrogen-bond acceptors (Lipinski definition) is 3. The zero-order valence-electron chi connectivity index (χ0n) is 12.7. The van der Waals surface area contributed by atoms with Crippen molar-refractivity contribution in [1.82, 2.24) is 14.9 Å². The monoisotopic (exact) mass is 285 g/mol. The first-order chi connectivity index (χ1) is 10.2. The molecule has 2 aromatic rings. The quantitative estimate of drug-likeness (QED) is 0.848. The van der Waals surface area contributed by atoms with Crippen molar-refractivity contribution in [2.24, 2.45) is 0 Å². The summed E-state index contributed by atoms with van der Waals surface area (Å²) in [7, 11) is 0. The van der Waals surface area contributed by atoms with Gasteiger partial charge in [0, 0.05) is 24.2 Å². The molecule has 1 aromatic heterocycles. The molecule has 0 atom stereocenters. The summed E-state index contributed by atoms with van der Waals surface area (Å²) in [5.74, 6) is 0.960. The predicted molar refractivity (Wildman–Crippen MR) is 83.2 cm³/mol. The Bertz CT molecular complexity index is 587. The molecule has 1 fully saturated rings. The lowest BCUT2D eigenvalue weighted by Gasteiger charge is -2.15. The zero-order chi connectivity index (χ0) is 14.7. The molecule has 1 saturated carbocycles. The van der Waals surface area contributed by atoms with Gasteiger partial charge >= 0.3 is 0 Å². The third kappa shape index (κ3) is 3.64. The largest absolute Gasteiger partial charge is 0.487 e. The van der Waals surface area contributed by atoms with Crippen LogP contribution in [0.15, 0.2) is 36.8 Å². The highest BCUT2D eigenvalue weighted by Crippen LogP contribution is 2.23. The minimum Gasteiger partial charge on any atom is -0.487 e. The molecule has 21 heavy (non-hydrogen) atoms. The van der Waals surface area contributed by atoms with Crippen molar-refractivity contribution in [1.29, 1.82) is 0 Å². The molecule has 1 N–H and O–H groups in total. The van der Waals surface area contributed by atoms with Crippen LogP contribution >= 0.6 is 0 Å².